The van der Waals surface area contributed by atoms with Gasteiger partial charge in [-0.1, -0.05) is 6.07 Å². The van der Waals surface area contributed by atoms with Crippen molar-refractivity contribution in [1.29, 1.82) is 0 Å². The Bertz CT molecular complexity index is 343. The van der Waals surface area contributed by atoms with Gasteiger partial charge in [-0.05, 0) is 6.07 Å². The molecule has 4 heteroatoms. The minimum atomic E-state index is -0.352. The number of rotatable bonds is 1. The SMILES string of the molecule is N[C@H]1CC(CO)Oc2cc(F)ccc21. The molecule has 0 aromatic heterocycles. The Balaban J connectivity index is 2.35. The van der Waals surface area contributed by atoms with E-state index in [1.54, 1.807) is 6.07 Å². The van der Waals surface area contributed by atoms with Crippen LogP contribution in [0.2, 0.25) is 0 Å². The second kappa shape index (κ2) is 3.55. The summed E-state index contributed by atoms with van der Waals surface area (Å²) < 4.78 is 18.2. The second-order valence-electron chi connectivity index (χ2n) is 3.45. The summed E-state index contributed by atoms with van der Waals surface area (Å²) in [5, 5.41) is 8.93. The topological polar surface area (TPSA) is 55.5 Å². The molecule has 1 aromatic rings. The third-order valence-corrected chi connectivity index (χ3v) is 2.39. The fourth-order valence-corrected chi connectivity index (χ4v) is 1.67. The lowest BCUT2D eigenvalue weighted by atomic mass is 9.97. The van der Waals surface area contributed by atoms with Gasteiger partial charge in [0.1, 0.15) is 17.7 Å². The van der Waals surface area contributed by atoms with E-state index < -0.39 is 0 Å². The standard InChI is InChI=1S/C10H12FNO2/c11-6-1-2-8-9(12)4-7(5-13)14-10(8)3-6/h1-3,7,9,13H,4-5,12H2/t7?,9-/m0/s1. The normalized spacial score (nSPS) is 25.4. The average Bonchev–Trinajstić information content (AvgIpc) is 2.16. The molecule has 0 amide bonds. The number of hydrogen-bond donors (Lipinski definition) is 2. The second-order valence-corrected chi connectivity index (χ2v) is 3.45. The predicted octanol–water partition coefficient (Wildman–Crippen LogP) is 0.969. The van der Waals surface area contributed by atoms with Gasteiger partial charge in [0.25, 0.3) is 0 Å². The van der Waals surface area contributed by atoms with Crippen molar-refractivity contribution in [2.24, 2.45) is 5.73 Å². The number of nitrogens with two attached hydrogens (primary N) is 1. The van der Waals surface area contributed by atoms with Crippen molar-refractivity contribution in [3.63, 3.8) is 0 Å². The van der Waals surface area contributed by atoms with E-state index >= 15 is 0 Å². The summed E-state index contributed by atoms with van der Waals surface area (Å²) in [6.07, 6.45) is 0.245. The summed E-state index contributed by atoms with van der Waals surface area (Å²) in [6, 6.07) is 4.11. The van der Waals surface area contributed by atoms with Gasteiger partial charge in [0.2, 0.25) is 0 Å². The molecule has 0 aliphatic carbocycles. The lowest BCUT2D eigenvalue weighted by molar-refractivity contribution is 0.0884. The Morgan fingerprint density at radius 1 is 1.57 bits per heavy atom. The minimum Gasteiger partial charge on any atom is -0.488 e. The van der Waals surface area contributed by atoms with Crippen LogP contribution in [-0.2, 0) is 0 Å². The monoisotopic (exact) mass is 197 g/mol. The van der Waals surface area contributed by atoms with Crippen LogP contribution in [0.15, 0.2) is 18.2 Å². The van der Waals surface area contributed by atoms with E-state index in [0.717, 1.165) is 5.56 Å². The Kier molecular flexibility index (Phi) is 2.39. The van der Waals surface area contributed by atoms with Gasteiger partial charge in [0.15, 0.2) is 0 Å². The number of benzene rings is 1. The van der Waals surface area contributed by atoms with Crippen LogP contribution < -0.4 is 10.5 Å². The predicted molar refractivity (Wildman–Crippen MR) is 49.4 cm³/mol. The molecule has 1 aliphatic rings. The third-order valence-electron chi connectivity index (χ3n) is 2.39. The molecule has 1 aliphatic heterocycles. The first-order valence-electron chi connectivity index (χ1n) is 4.53. The van der Waals surface area contributed by atoms with Crippen molar-refractivity contribution < 1.29 is 14.2 Å². The first-order valence-corrected chi connectivity index (χ1v) is 4.53. The molecule has 14 heavy (non-hydrogen) atoms. The molecule has 1 unspecified atom stereocenters. The van der Waals surface area contributed by atoms with E-state index in [4.69, 9.17) is 15.6 Å². The maximum atomic E-state index is 12.9. The zero-order valence-electron chi connectivity index (χ0n) is 7.61. The Morgan fingerprint density at radius 3 is 3.07 bits per heavy atom. The molecule has 0 radical (unpaired) electrons. The first-order chi connectivity index (χ1) is 6.70. The summed E-state index contributed by atoms with van der Waals surface area (Å²) in [7, 11) is 0. The molecule has 0 fully saturated rings. The van der Waals surface area contributed by atoms with E-state index in [-0.39, 0.29) is 24.6 Å². The Hall–Kier alpha value is -1.13. The van der Waals surface area contributed by atoms with Gasteiger partial charge in [-0.3, -0.25) is 0 Å². The van der Waals surface area contributed by atoms with E-state index in [2.05, 4.69) is 0 Å². The van der Waals surface area contributed by atoms with Crippen LogP contribution in [0.3, 0.4) is 0 Å². The number of aliphatic hydroxyl groups is 1. The van der Waals surface area contributed by atoms with Crippen molar-refractivity contribution in [3.8, 4) is 5.75 Å². The van der Waals surface area contributed by atoms with Crippen molar-refractivity contribution in [2.45, 2.75) is 18.6 Å². The highest BCUT2D eigenvalue weighted by Gasteiger charge is 2.25. The summed E-state index contributed by atoms with van der Waals surface area (Å²) in [4.78, 5) is 0. The fourth-order valence-electron chi connectivity index (χ4n) is 1.67. The molecule has 76 valence electrons. The number of aliphatic hydroxyl groups excluding tert-OH is 1. The number of halogens is 1. The molecule has 2 rings (SSSR count). The van der Waals surface area contributed by atoms with Gasteiger partial charge < -0.3 is 15.6 Å². The molecule has 0 bridgehead atoms. The molecule has 3 nitrogen and oxygen atoms in total. The molecule has 3 N–H and O–H groups in total. The minimum absolute atomic E-state index is 0.0936. The Morgan fingerprint density at radius 2 is 2.36 bits per heavy atom. The maximum absolute atomic E-state index is 12.9. The first kappa shape index (κ1) is 9.43. The smallest absolute Gasteiger partial charge is 0.127 e. The van der Waals surface area contributed by atoms with Gasteiger partial charge in [0.05, 0.1) is 6.61 Å². The maximum Gasteiger partial charge on any atom is 0.127 e. The number of fused-ring (bicyclic) bond motifs is 1. The van der Waals surface area contributed by atoms with Crippen LogP contribution in [0.1, 0.15) is 18.0 Å². The van der Waals surface area contributed by atoms with Crippen LogP contribution in [0.4, 0.5) is 4.39 Å². The summed E-state index contributed by atoms with van der Waals surface area (Å²) in [5.41, 5.74) is 6.65. The highest BCUT2D eigenvalue weighted by Crippen LogP contribution is 2.33. The zero-order valence-corrected chi connectivity index (χ0v) is 7.61. The average molecular weight is 197 g/mol. The molecule has 2 atom stereocenters. The van der Waals surface area contributed by atoms with Crippen molar-refractivity contribution in [3.05, 3.63) is 29.6 Å². The van der Waals surface area contributed by atoms with Gasteiger partial charge in [0, 0.05) is 24.1 Å². The zero-order chi connectivity index (χ0) is 10.1. The lowest BCUT2D eigenvalue weighted by Gasteiger charge is -2.29. The molecular weight excluding hydrogens is 185 g/mol. The highest BCUT2D eigenvalue weighted by molar-refractivity contribution is 5.38. The highest BCUT2D eigenvalue weighted by atomic mass is 19.1. The summed E-state index contributed by atoms with van der Waals surface area (Å²) in [6.45, 7) is -0.0936. The van der Waals surface area contributed by atoms with Gasteiger partial charge in [-0.15, -0.1) is 0 Å². The van der Waals surface area contributed by atoms with Crippen molar-refractivity contribution in [2.75, 3.05) is 6.61 Å². The largest absolute Gasteiger partial charge is 0.488 e. The third kappa shape index (κ3) is 1.58. The van der Waals surface area contributed by atoms with E-state index in [1.165, 1.54) is 12.1 Å². The van der Waals surface area contributed by atoms with Crippen molar-refractivity contribution in [1.82, 2.24) is 0 Å². The quantitative estimate of drug-likeness (QED) is 0.705. The molecule has 0 saturated carbocycles. The van der Waals surface area contributed by atoms with Gasteiger partial charge in [-0.2, -0.15) is 0 Å². The van der Waals surface area contributed by atoms with Crippen LogP contribution in [0.25, 0.3) is 0 Å². The molecule has 0 spiro atoms. The van der Waals surface area contributed by atoms with Crippen LogP contribution >= 0.6 is 0 Å². The lowest BCUT2D eigenvalue weighted by Crippen LogP contribution is -2.32. The summed E-state index contributed by atoms with van der Waals surface area (Å²) in [5.74, 6) is 0.0948. The van der Waals surface area contributed by atoms with Gasteiger partial charge in [-0.25, -0.2) is 4.39 Å². The molecule has 1 heterocycles. The van der Waals surface area contributed by atoms with E-state index in [1.807, 2.05) is 0 Å². The number of hydrogen-bond acceptors (Lipinski definition) is 3. The van der Waals surface area contributed by atoms with E-state index in [0.29, 0.717) is 12.2 Å². The summed E-state index contributed by atoms with van der Waals surface area (Å²) >= 11 is 0. The van der Waals surface area contributed by atoms with Gasteiger partial charge >= 0.3 is 0 Å². The number of ether oxygens (including phenoxy) is 1. The van der Waals surface area contributed by atoms with E-state index in [9.17, 15) is 4.39 Å². The van der Waals surface area contributed by atoms with Crippen LogP contribution in [-0.4, -0.2) is 17.8 Å². The molecule has 1 aromatic carbocycles. The molecular formula is C10H12FNO2. The fraction of sp³-hybridized carbons (Fsp3) is 0.400. The molecule has 0 saturated heterocycles. The van der Waals surface area contributed by atoms with Crippen LogP contribution in [0, 0.1) is 5.82 Å². The van der Waals surface area contributed by atoms with Crippen LogP contribution in [0.5, 0.6) is 5.75 Å². The van der Waals surface area contributed by atoms with Crippen molar-refractivity contribution >= 4 is 0 Å². The Labute approximate surface area is 81.3 Å².